The van der Waals surface area contributed by atoms with Gasteiger partial charge >= 0.3 is 5.97 Å². The molecule has 0 aromatic rings. The molecule has 0 radical (unpaired) electrons. The van der Waals surface area contributed by atoms with Gasteiger partial charge in [0.15, 0.2) is 0 Å². The molecule has 0 rings (SSSR count). The predicted octanol–water partition coefficient (Wildman–Crippen LogP) is 4.45. The van der Waals surface area contributed by atoms with Crippen LogP contribution in [0.15, 0.2) is 49.2 Å². The van der Waals surface area contributed by atoms with Gasteiger partial charge in [-0.2, -0.15) is 0 Å². The Hall–Kier alpha value is -1.35. The molecule has 0 saturated carbocycles. The Morgan fingerprint density at radius 3 is 2.19 bits per heavy atom. The highest BCUT2D eigenvalue weighted by Gasteiger charge is 2.34. The van der Waals surface area contributed by atoms with E-state index in [1.54, 1.807) is 6.92 Å². The average Bonchev–Trinajstić information content (AvgIpc) is 2.44. The van der Waals surface area contributed by atoms with Crippen molar-refractivity contribution in [3.8, 4) is 0 Å². The standard InChI is InChI=1S/C18H30O2Si/c1-6-10-16(11-7-2)18(12-8-3,13-9-4)21-14-15(5)17(19)20/h6,8-9,14,16H,1,3-4,7,10-13,21H2,2,5H3,(H,19,20). The summed E-state index contributed by atoms with van der Waals surface area (Å²) in [5, 5.41) is 9.21. The van der Waals surface area contributed by atoms with Crippen LogP contribution < -0.4 is 0 Å². The molecule has 0 amide bonds. The fraction of sp³-hybridized carbons (Fsp3) is 0.500. The summed E-state index contributed by atoms with van der Waals surface area (Å²) >= 11 is 0. The Bertz CT molecular complexity index is 386. The highest BCUT2D eigenvalue weighted by molar-refractivity contribution is 6.47. The third-order valence-electron chi connectivity index (χ3n) is 4.21. The fourth-order valence-electron chi connectivity index (χ4n) is 2.99. The number of rotatable bonds is 12. The van der Waals surface area contributed by atoms with Crippen LogP contribution in [0.4, 0.5) is 0 Å². The van der Waals surface area contributed by atoms with Crippen LogP contribution in [0.3, 0.4) is 0 Å². The van der Waals surface area contributed by atoms with Gasteiger partial charge in [0.25, 0.3) is 0 Å². The molecule has 0 aromatic carbocycles. The van der Waals surface area contributed by atoms with Gasteiger partial charge in [0.2, 0.25) is 0 Å². The van der Waals surface area contributed by atoms with Gasteiger partial charge in [0.1, 0.15) is 0 Å². The minimum Gasteiger partial charge on any atom is -0.478 e. The van der Waals surface area contributed by atoms with Gasteiger partial charge in [-0.25, -0.2) is 4.79 Å². The van der Waals surface area contributed by atoms with Gasteiger partial charge in [0, 0.05) is 5.57 Å². The van der Waals surface area contributed by atoms with E-state index in [-0.39, 0.29) is 5.04 Å². The molecule has 0 aromatic heterocycles. The predicted molar refractivity (Wildman–Crippen MR) is 95.5 cm³/mol. The second-order valence-corrected chi connectivity index (χ2v) is 7.98. The fourth-order valence-corrected chi connectivity index (χ4v) is 5.33. The van der Waals surface area contributed by atoms with E-state index < -0.39 is 15.5 Å². The highest BCUT2D eigenvalue weighted by atomic mass is 28.2. The van der Waals surface area contributed by atoms with E-state index in [2.05, 4.69) is 26.7 Å². The molecule has 0 spiro atoms. The number of carbonyl (C=O) groups is 1. The molecule has 0 aliphatic carbocycles. The lowest BCUT2D eigenvalue weighted by molar-refractivity contribution is -0.132. The van der Waals surface area contributed by atoms with Crippen molar-refractivity contribution in [3.05, 3.63) is 49.2 Å². The molecular weight excluding hydrogens is 276 g/mol. The van der Waals surface area contributed by atoms with E-state index in [9.17, 15) is 4.79 Å². The van der Waals surface area contributed by atoms with E-state index in [0.717, 1.165) is 32.1 Å². The summed E-state index contributed by atoms with van der Waals surface area (Å²) in [4.78, 5) is 11.1. The summed E-state index contributed by atoms with van der Waals surface area (Å²) in [7, 11) is -0.715. The second kappa shape index (κ2) is 10.4. The largest absolute Gasteiger partial charge is 0.478 e. The van der Waals surface area contributed by atoms with Gasteiger partial charge in [-0.05, 0) is 37.1 Å². The van der Waals surface area contributed by atoms with E-state index in [0.29, 0.717) is 11.5 Å². The zero-order valence-corrected chi connectivity index (χ0v) is 15.0. The quantitative estimate of drug-likeness (QED) is 0.329. The van der Waals surface area contributed by atoms with Gasteiger partial charge in [-0.15, -0.1) is 19.7 Å². The first-order chi connectivity index (χ1) is 9.97. The van der Waals surface area contributed by atoms with Crippen LogP contribution in [-0.4, -0.2) is 20.6 Å². The van der Waals surface area contributed by atoms with E-state index >= 15 is 0 Å². The second-order valence-electron chi connectivity index (χ2n) is 5.75. The van der Waals surface area contributed by atoms with Crippen molar-refractivity contribution in [2.24, 2.45) is 5.92 Å². The van der Waals surface area contributed by atoms with Crippen molar-refractivity contribution in [2.45, 2.75) is 51.0 Å². The number of hydrogen-bond acceptors (Lipinski definition) is 1. The maximum absolute atomic E-state index is 11.1. The number of carboxylic acids is 1. The average molecular weight is 307 g/mol. The summed E-state index contributed by atoms with van der Waals surface area (Å²) in [6, 6.07) is 0. The van der Waals surface area contributed by atoms with Crippen molar-refractivity contribution < 1.29 is 9.90 Å². The Balaban J connectivity index is 5.51. The van der Waals surface area contributed by atoms with Crippen LogP contribution in [0.2, 0.25) is 5.04 Å². The molecule has 2 nitrogen and oxygen atoms in total. The lowest BCUT2D eigenvalue weighted by Gasteiger charge is -2.39. The molecule has 1 atom stereocenters. The Morgan fingerprint density at radius 1 is 1.24 bits per heavy atom. The molecule has 1 N–H and O–H groups in total. The first-order valence-electron chi connectivity index (χ1n) is 7.70. The molecule has 0 bridgehead atoms. The molecule has 21 heavy (non-hydrogen) atoms. The first-order valence-corrected chi connectivity index (χ1v) is 9.22. The normalized spacial score (nSPS) is 14.1. The van der Waals surface area contributed by atoms with E-state index in [4.69, 9.17) is 5.11 Å². The van der Waals surface area contributed by atoms with Gasteiger partial charge in [-0.1, -0.05) is 43.7 Å². The van der Waals surface area contributed by atoms with Crippen molar-refractivity contribution in [1.29, 1.82) is 0 Å². The third kappa shape index (κ3) is 6.30. The summed E-state index contributed by atoms with van der Waals surface area (Å²) in [5.74, 6) is -0.287. The summed E-state index contributed by atoms with van der Waals surface area (Å²) < 4.78 is 0. The Morgan fingerprint density at radius 2 is 1.81 bits per heavy atom. The minimum absolute atomic E-state index is 0.129. The molecule has 1 unspecified atom stereocenters. The van der Waals surface area contributed by atoms with Crippen LogP contribution in [-0.2, 0) is 4.79 Å². The van der Waals surface area contributed by atoms with Crippen molar-refractivity contribution in [2.75, 3.05) is 0 Å². The number of allylic oxidation sites excluding steroid dienone is 3. The molecule has 0 heterocycles. The summed E-state index contributed by atoms with van der Waals surface area (Å²) in [6.07, 6.45) is 11.0. The molecule has 0 aliphatic heterocycles. The summed E-state index contributed by atoms with van der Waals surface area (Å²) in [5.41, 5.74) is 2.45. The van der Waals surface area contributed by atoms with E-state index in [1.165, 1.54) is 0 Å². The first kappa shape index (κ1) is 19.6. The molecule has 0 saturated heterocycles. The Labute approximate surface area is 132 Å². The van der Waals surface area contributed by atoms with Crippen molar-refractivity contribution in [1.82, 2.24) is 0 Å². The number of aliphatic carboxylic acids is 1. The highest BCUT2D eigenvalue weighted by Crippen LogP contribution is 2.47. The minimum atomic E-state index is -0.815. The van der Waals surface area contributed by atoms with E-state index in [1.807, 2.05) is 23.9 Å². The molecule has 118 valence electrons. The lowest BCUT2D eigenvalue weighted by Crippen LogP contribution is -2.29. The van der Waals surface area contributed by atoms with Crippen LogP contribution in [0.25, 0.3) is 0 Å². The van der Waals surface area contributed by atoms with Gasteiger partial charge < -0.3 is 5.11 Å². The molecule has 0 fully saturated rings. The smallest absolute Gasteiger partial charge is 0.330 e. The van der Waals surface area contributed by atoms with Crippen molar-refractivity contribution >= 4 is 15.5 Å². The van der Waals surface area contributed by atoms with Gasteiger partial charge in [-0.3, -0.25) is 0 Å². The van der Waals surface area contributed by atoms with Gasteiger partial charge in [0.05, 0.1) is 9.52 Å². The maximum atomic E-state index is 11.1. The number of carboxylic acid groups (broad SMARTS) is 1. The topological polar surface area (TPSA) is 37.3 Å². The monoisotopic (exact) mass is 306 g/mol. The Kier molecular flexibility index (Phi) is 9.72. The zero-order valence-electron chi connectivity index (χ0n) is 13.6. The molecular formula is C18H30O2Si. The molecule has 3 heteroatoms. The van der Waals surface area contributed by atoms with Crippen LogP contribution >= 0.6 is 0 Å². The third-order valence-corrected chi connectivity index (χ3v) is 6.99. The molecule has 0 aliphatic rings. The lowest BCUT2D eigenvalue weighted by atomic mass is 9.80. The zero-order chi connectivity index (χ0) is 16.3. The summed E-state index contributed by atoms with van der Waals surface area (Å²) in [6.45, 7) is 15.6. The van der Waals surface area contributed by atoms with Crippen molar-refractivity contribution in [3.63, 3.8) is 0 Å². The van der Waals surface area contributed by atoms with Crippen LogP contribution in [0.5, 0.6) is 0 Å². The van der Waals surface area contributed by atoms with Crippen LogP contribution in [0, 0.1) is 5.92 Å². The van der Waals surface area contributed by atoms with Crippen LogP contribution in [0.1, 0.15) is 46.0 Å². The number of hydrogen-bond donors (Lipinski definition) is 1. The maximum Gasteiger partial charge on any atom is 0.330 e. The SMILES string of the molecule is C=CCC(CCC)C(CC=C)(CC=C)[SiH2]C=C(C)C(=O)O.